The van der Waals surface area contributed by atoms with Crippen LogP contribution in [0, 0.1) is 0 Å². The molecule has 1 aromatic rings. The van der Waals surface area contributed by atoms with Gasteiger partial charge in [0.1, 0.15) is 0 Å². The summed E-state index contributed by atoms with van der Waals surface area (Å²) in [5, 5.41) is 2.63. The Kier molecular flexibility index (Phi) is 10.1. The number of nitrogens with one attached hydrogen (secondary N) is 1. The molecule has 0 saturated carbocycles. The van der Waals surface area contributed by atoms with E-state index in [2.05, 4.69) is 20.1 Å². The van der Waals surface area contributed by atoms with E-state index in [0.29, 0.717) is 5.75 Å². The number of hydrogen-bond donors (Lipinski definition) is 1. The fourth-order valence-corrected chi connectivity index (χ4v) is 7.92. The quantitative estimate of drug-likeness (QED) is 0.222. The van der Waals surface area contributed by atoms with Crippen molar-refractivity contribution in [2.24, 2.45) is 0 Å². The second kappa shape index (κ2) is 11.4. The van der Waals surface area contributed by atoms with Crippen molar-refractivity contribution >= 4 is 40.2 Å². The molecule has 1 aromatic carbocycles. The minimum absolute atomic E-state index is 0.174. The molecule has 0 fully saturated rings. The van der Waals surface area contributed by atoms with Crippen molar-refractivity contribution in [3.05, 3.63) is 23.8 Å². The van der Waals surface area contributed by atoms with Crippen molar-refractivity contribution in [2.45, 2.75) is 86.9 Å². The Morgan fingerprint density at radius 1 is 0.970 bits per heavy atom. The van der Waals surface area contributed by atoms with E-state index >= 15 is 0 Å². The number of carbonyl (C=O) groups is 3. The summed E-state index contributed by atoms with van der Waals surface area (Å²) in [6.45, 7) is 12.4. The van der Waals surface area contributed by atoms with E-state index in [1.54, 1.807) is 60.6 Å². The summed E-state index contributed by atoms with van der Waals surface area (Å²) >= 11 is -2.65. The Morgan fingerprint density at radius 3 is 2.03 bits per heavy atom. The molecule has 0 aliphatic heterocycles. The molecule has 186 valence electrons. The maximum atomic E-state index is 12.6. The monoisotopic (exact) mass is 573 g/mol. The van der Waals surface area contributed by atoms with Gasteiger partial charge in [0.15, 0.2) is 0 Å². The molecule has 0 aliphatic carbocycles. The minimum atomic E-state index is -2.65. The third-order valence-electron chi connectivity index (χ3n) is 4.16. The van der Waals surface area contributed by atoms with Crippen LogP contribution in [0.25, 0.3) is 0 Å². The van der Waals surface area contributed by atoms with E-state index in [-0.39, 0.29) is 13.0 Å². The molecular formula is C24H39NO7Sn. The fourth-order valence-electron chi connectivity index (χ4n) is 3.01. The standard InChI is InChI=1S/C21H30NO7.3CH3.Sn/c1-8-26-17(23)16(22-18(24)28-20(2,3)4)13-14-10-9-11-15(12-14)27-19(25)29-21(5,6)7;;;;/h9,11-12,16H,8,13H2,1-7H3,(H,22,24);3*1H3;/t16-;;;;/m1..../s1. The van der Waals surface area contributed by atoms with Crippen LogP contribution < -0.4 is 13.6 Å². The van der Waals surface area contributed by atoms with Crippen molar-refractivity contribution in [1.82, 2.24) is 5.32 Å². The van der Waals surface area contributed by atoms with Crippen molar-refractivity contribution < 1.29 is 33.3 Å². The van der Waals surface area contributed by atoms with Crippen LogP contribution >= 0.6 is 0 Å². The van der Waals surface area contributed by atoms with Gasteiger partial charge in [-0.05, 0) is 0 Å². The van der Waals surface area contributed by atoms with Gasteiger partial charge in [0.25, 0.3) is 0 Å². The van der Waals surface area contributed by atoms with E-state index in [9.17, 15) is 14.4 Å². The van der Waals surface area contributed by atoms with Gasteiger partial charge in [-0.15, -0.1) is 0 Å². The normalized spacial score (nSPS) is 13.0. The number of benzene rings is 1. The average Bonchev–Trinajstić information content (AvgIpc) is 2.57. The molecule has 0 unspecified atom stereocenters. The molecule has 1 N–H and O–H groups in total. The molecule has 8 nitrogen and oxygen atoms in total. The second-order valence-electron chi connectivity index (χ2n) is 10.8. The summed E-state index contributed by atoms with van der Waals surface area (Å²) in [4.78, 5) is 43.9. The van der Waals surface area contributed by atoms with Crippen LogP contribution in [0.4, 0.5) is 9.59 Å². The molecule has 0 spiro atoms. The van der Waals surface area contributed by atoms with E-state index in [1.165, 1.54) is 0 Å². The van der Waals surface area contributed by atoms with Crippen LogP contribution in [0.1, 0.15) is 54.0 Å². The number of carbonyl (C=O) groups excluding carboxylic acids is 3. The van der Waals surface area contributed by atoms with Crippen LogP contribution in [-0.4, -0.2) is 60.4 Å². The van der Waals surface area contributed by atoms with Gasteiger partial charge in [-0.2, -0.15) is 0 Å². The van der Waals surface area contributed by atoms with Crippen LogP contribution in [0.15, 0.2) is 18.2 Å². The van der Waals surface area contributed by atoms with E-state index in [4.69, 9.17) is 18.9 Å². The van der Waals surface area contributed by atoms with Crippen molar-refractivity contribution in [3.8, 4) is 5.75 Å². The molecule has 0 saturated heterocycles. The molecular weight excluding hydrogens is 533 g/mol. The predicted molar refractivity (Wildman–Crippen MR) is 130 cm³/mol. The van der Waals surface area contributed by atoms with E-state index in [0.717, 1.165) is 9.14 Å². The first-order chi connectivity index (χ1) is 14.9. The molecule has 33 heavy (non-hydrogen) atoms. The molecule has 0 bridgehead atoms. The molecule has 1 amide bonds. The Hall–Kier alpha value is -1.97. The molecule has 1 atom stereocenters. The van der Waals surface area contributed by atoms with E-state index in [1.807, 2.05) is 6.07 Å². The number of ether oxygens (including phenoxy) is 4. The number of alkyl carbamates (subject to hydrolysis) is 1. The van der Waals surface area contributed by atoms with Crippen LogP contribution in [0.3, 0.4) is 0 Å². The van der Waals surface area contributed by atoms with Crippen LogP contribution in [0.2, 0.25) is 14.8 Å². The molecule has 1 rings (SSSR count). The fraction of sp³-hybridized carbons (Fsp3) is 0.625. The van der Waals surface area contributed by atoms with Gasteiger partial charge in [0.2, 0.25) is 0 Å². The number of hydrogen-bond acceptors (Lipinski definition) is 7. The first kappa shape index (κ1) is 29.1. The summed E-state index contributed by atoms with van der Waals surface area (Å²) in [6.07, 6.45) is -1.34. The number of amides is 1. The summed E-state index contributed by atoms with van der Waals surface area (Å²) < 4.78 is 22.3. The Balaban J connectivity index is 3.27. The van der Waals surface area contributed by atoms with Gasteiger partial charge in [-0.3, -0.25) is 0 Å². The van der Waals surface area contributed by atoms with Gasteiger partial charge in [0, 0.05) is 0 Å². The Morgan fingerprint density at radius 2 is 1.55 bits per heavy atom. The van der Waals surface area contributed by atoms with Gasteiger partial charge in [0.05, 0.1) is 0 Å². The Labute approximate surface area is 201 Å². The third-order valence-corrected chi connectivity index (χ3v) is 10.2. The Bertz CT molecular complexity index is 848. The van der Waals surface area contributed by atoms with Gasteiger partial charge >= 0.3 is 202 Å². The number of rotatable bonds is 7. The first-order valence-corrected chi connectivity index (χ1v) is 21.1. The van der Waals surface area contributed by atoms with Gasteiger partial charge in [-0.25, -0.2) is 0 Å². The molecule has 0 aromatic heterocycles. The second-order valence-corrected chi connectivity index (χ2v) is 25.2. The molecule has 0 radical (unpaired) electrons. The summed E-state index contributed by atoms with van der Waals surface area (Å²) in [6, 6.07) is 4.43. The first-order valence-electron chi connectivity index (χ1n) is 11.1. The molecule has 9 heteroatoms. The summed E-state index contributed by atoms with van der Waals surface area (Å²) in [7, 11) is 0. The number of esters is 1. The van der Waals surface area contributed by atoms with Gasteiger partial charge in [-0.1, -0.05) is 0 Å². The zero-order valence-corrected chi connectivity index (χ0v) is 24.4. The summed E-state index contributed by atoms with van der Waals surface area (Å²) in [5.74, 6) is -0.254. The van der Waals surface area contributed by atoms with Gasteiger partial charge < -0.3 is 0 Å². The zero-order chi connectivity index (χ0) is 25.6. The topological polar surface area (TPSA) is 100 Å². The van der Waals surface area contributed by atoms with Crippen LogP contribution in [-0.2, 0) is 25.4 Å². The third kappa shape index (κ3) is 11.1. The van der Waals surface area contributed by atoms with E-state index < -0.39 is 53.8 Å². The average molecular weight is 572 g/mol. The SMILES string of the molecule is CCOC(=O)[C@@H](Cc1cc(OC(=O)OC(C)(C)C)cc[c]1[Sn]([CH3])([CH3])[CH3])NC(=O)OC(C)(C)C. The zero-order valence-electron chi connectivity index (χ0n) is 21.6. The molecule has 0 heterocycles. The summed E-state index contributed by atoms with van der Waals surface area (Å²) in [5.41, 5.74) is -0.584. The molecule has 0 aliphatic rings. The predicted octanol–water partition coefficient (Wildman–Crippen LogP) is 4.54. The van der Waals surface area contributed by atoms with Crippen molar-refractivity contribution in [1.29, 1.82) is 0 Å². The van der Waals surface area contributed by atoms with Crippen molar-refractivity contribution in [2.75, 3.05) is 6.61 Å². The van der Waals surface area contributed by atoms with Crippen LogP contribution in [0.5, 0.6) is 5.75 Å². The maximum absolute atomic E-state index is 12.6. The van der Waals surface area contributed by atoms with Crippen molar-refractivity contribution in [3.63, 3.8) is 0 Å².